The van der Waals surface area contributed by atoms with Crippen LogP contribution in [-0.2, 0) is 11.3 Å². The Hall–Kier alpha value is -2.08. The second kappa shape index (κ2) is 11.2. The van der Waals surface area contributed by atoms with Crippen LogP contribution in [0.3, 0.4) is 0 Å². The Kier molecular flexibility index (Phi) is 8.06. The minimum atomic E-state index is 0.277. The lowest BCUT2D eigenvalue weighted by molar-refractivity contribution is -0.135. The number of aryl methyl sites for hydroxylation is 1. The number of nitrogens with zero attached hydrogens (tertiary/aromatic N) is 4. The molecule has 2 fully saturated rings. The highest BCUT2D eigenvalue weighted by Crippen LogP contribution is 2.32. The van der Waals surface area contributed by atoms with Crippen LogP contribution in [0.1, 0.15) is 69.8 Å². The van der Waals surface area contributed by atoms with Gasteiger partial charge in [0.25, 0.3) is 0 Å². The van der Waals surface area contributed by atoms with Crippen molar-refractivity contribution in [2.24, 2.45) is 0 Å². The molecule has 5 nitrogen and oxygen atoms in total. The third-order valence-corrected chi connectivity index (χ3v) is 7.81. The molecule has 0 N–H and O–H groups in total. The van der Waals surface area contributed by atoms with Crippen LogP contribution in [0.25, 0.3) is 11.4 Å². The maximum atomic E-state index is 13.5. The lowest BCUT2D eigenvalue weighted by Gasteiger charge is -2.41. The maximum Gasteiger partial charge on any atom is 0.233 e. The fraction of sp³-hybridized carbons (Fsp3) is 0.577. The van der Waals surface area contributed by atoms with Gasteiger partial charge in [0, 0.05) is 24.2 Å². The average Bonchev–Trinajstić information content (AvgIpc) is 3.22. The molecule has 6 heteroatoms. The van der Waals surface area contributed by atoms with Gasteiger partial charge in [0.2, 0.25) is 5.91 Å². The number of aromatic nitrogens is 3. The average molecular weight is 453 g/mol. The Morgan fingerprint density at radius 3 is 2.34 bits per heavy atom. The van der Waals surface area contributed by atoms with Crippen LogP contribution in [0.4, 0.5) is 0 Å². The second-order valence-corrected chi connectivity index (χ2v) is 10.2. The molecule has 0 spiro atoms. The molecule has 0 saturated heterocycles. The van der Waals surface area contributed by atoms with Gasteiger partial charge in [-0.15, -0.1) is 16.8 Å². The number of carbonyl (C=O) groups is 1. The van der Waals surface area contributed by atoms with E-state index < -0.39 is 0 Å². The van der Waals surface area contributed by atoms with E-state index in [1.165, 1.54) is 55.9 Å². The molecule has 0 atom stereocenters. The minimum absolute atomic E-state index is 0.277. The number of hydrogen-bond acceptors (Lipinski definition) is 4. The van der Waals surface area contributed by atoms with Crippen LogP contribution >= 0.6 is 11.8 Å². The van der Waals surface area contributed by atoms with Gasteiger partial charge in [-0.1, -0.05) is 80.1 Å². The third kappa shape index (κ3) is 5.45. The first kappa shape index (κ1) is 23.1. The van der Waals surface area contributed by atoms with E-state index in [1.807, 2.05) is 12.1 Å². The number of benzene rings is 1. The Balaban J connectivity index is 1.50. The van der Waals surface area contributed by atoms with Gasteiger partial charge in [-0.3, -0.25) is 9.36 Å². The summed E-state index contributed by atoms with van der Waals surface area (Å²) in [5.74, 6) is 1.54. The summed E-state index contributed by atoms with van der Waals surface area (Å²) in [6, 6.07) is 9.15. The summed E-state index contributed by atoms with van der Waals surface area (Å²) < 4.78 is 2.07. The van der Waals surface area contributed by atoms with Crippen LogP contribution in [0.5, 0.6) is 0 Å². The van der Waals surface area contributed by atoms with E-state index in [4.69, 9.17) is 0 Å². The van der Waals surface area contributed by atoms with Crippen molar-refractivity contribution >= 4 is 17.7 Å². The zero-order valence-electron chi connectivity index (χ0n) is 19.3. The lowest BCUT2D eigenvalue weighted by Crippen LogP contribution is -2.49. The number of hydrogen-bond donors (Lipinski definition) is 0. The molecule has 2 saturated carbocycles. The smallest absolute Gasteiger partial charge is 0.233 e. The van der Waals surface area contributed by atoms with Crippen molar-refractivity contribution in [2.45, 2.75) is 94.9 Å². The standard InChI is InChI=1S/C26H36N4OS/c1-3-17-29-25(21-12-10-11-20(2)18-21)27-28-26(29)32-19-24(31)30(22-13-6-4-7-14-22)23-15-8-5-9-16-23/h3,10-12,18,22-23H,1,4-9,13-17,19H2,2H3. The number of amides is 1. The Morgan fingerprint density at radius 2 is 1.75 bits per heavy atom. The van der Waals surface area contributed by atoms with Crippen LogP contribution in [-0.4, -0.2) is 43.4 Å². The molecule has 2 aliphatic rings. The number of thioether (sulfide) groups is 1. The summed E-state index contributed by atoms with van der Waals surface area (Å²) in [6.07, 6.45) is 14.1. The molecule has 2 aliphatic carbocycles. The summed E-state index contributed by atoms with van der Waals surface area (Å²) >= 11 is 1.52. The molecule has 4 rings (SSSR count). The largest absolute Gasteiger partial charge is 0.336 e. The molecule has 0 aliphatic heterocycles. The number of carbonyl (C=O) groups excluding carboxylic acids is 1. The van der Waals surface area contributed by atoms with Gasteiger partial charge in [-0.2, -0.15) is 0 Å². The molecule has 2 aromatic rings. The van der Waals surface area contributed by atoms with Crippen molar-refractivity contribution in [2.75, 3.05) is 5.75 Å². The minimum Gasteiger partial charge on any atom is -0.336 e. The van der Waals surface area contributed by atoms with Gasteiger partial charge in [0.1, 0.15) is 0 Å². The summed E-state index contributed by atoms with van der Waals surface area (Å²) in [5, 5.41) is 9.72. The van der Waals surface area contributed by atoms with E-state index in [0.29, 0.717) is 24.4 Å². The quantitative estimate of drug-likeness (QED) is 0.363. The van der Waals surface area contributed by atoms with Crippen molar-refractivity contribution in [3.05, 3.63) is 42.5 Å². The first-order chi connectivity index (χ1) is 15.7. The van der Waals surface area contributed by atoms with Crippen LogP contribution in [0.2, 0.25) is 0 Å². The van der Waals surface area contributed by atoms with E-state index in [9.17, 15) is 4.79 Å². The Morgan fingerprint density at radius 1 is 1.09 bits per heavy atom. The van der Waals surface area contributed by atoms with Gasteiger partial charge in [0.15, 0.2) is 11.0 Å². The number of allylic oxidation sites excluding steroid dienone is 1. The Labute approximate surface area is 196 Å². The highest BCUT2D eigenvalue weighted by Gasteiger charge is 2.32. The fourth-order valence-electron chi connectivity index (χ4n) is 5.31. The molecule has 1 aromatic heterocycles. The molecule has 1 heterocycles. The van der Waals surface area contributed by atoms with E-state index in [0.717, 1.165) is 42.2 Å². The van der Waals surface area contributed by atoms with Gasteiger partial charge in [-0.05, 0) is 38.7 Å². The monoisotopic (exact) mass is 452 g/mol. The maximum absolute atomic E-state index is 13.5. The molecule has 0 unspecified atom stereocenters. The molecular formula is C26H36N4OS. The fourth-order valence-corrected chi connectivity index (χ4v) is 6.13. The first-order valence-corrected chi connectivity index (χ1v) is 13.2. The molecule has 32 heavy (non-hydrogen) atoms. The summed E-state index contributed by atoms with van der Waals surface area (Å²) in [7, 11) is 0. The highest BCUT2D eigenvalue weighted by atomic mass is 32.2. The zero-order valence-corrected chi connectivity index (χ0v) is 20.2. The van der Waals surface area contributed by atoms with E-state index in [1.54, 1.807) is 0 Å². The Bertz CT molecular complexity index is 894. The molecule has 1 amide bonds. The molecule has 1 aromatic carbocycles. The molecule has 0 radical (unpaired) electrons. The normalized spacial score (nSPS) is 17.9. The second-order valence-electron chi connectivity index (χ2n) is 9.25. The van der Waals surface area contributed by atoms with E-state index in [2.05, 4.69) is 51.4 Å². The van der Waals surface area contributed by atoms with Crippen LogP contribution in [0.15, 0.2) is 42.1 Å². The summed E-state index contributed by atoms with van der Waals surface area (Å²) in [4.78, 5) is 15.8. The van der Waals surface area contributed by atoms with Gasteiger partial charge in [0.05, 0.1) is 5.75 Å². The van der Waals surface area contributed by atoms with E-state index in [-0.39, 0.29) is 5.91 Å². The summed E-state index contributed by atoms with van der Waals surface area (Å²) in [6.45, 7) is 6.62. The highest BCUT2D eigenvalue weighted by molar-refractivity contribution is 7.99. The predicted octanol–water partition coefficient (Wildman–Crippen LogP) is 6.03. The summed E-state index contributed by atoms with van der Waals surface area (Å²) in [5.41, 5.74) is 2.24. The topological polar surface area (TPSA) is 51.0 Å². The predicted molar refractivity (Wildman–Crippen MR) is 132 cm³/mol. The first-order valence-electron chi connectivity index (χ1n) is 12.2. The van der Waals surface area contributed by atoms with Crippen molar-refractivity contribution in [1.82, 2.24) is 19.7 Å². The zero-order chi connectivity index (χ0) is 22.3. The van der Waals surface area contributed by atoms with Gasteiger partial charge in [-0.25, -0.2) is 0 Å². The number of rotatable bonds is 8. The van der Waals surface area contributed by atoms with Crippen LogP contribution < -0.4 is 0 Å². The molecular weight excluding hydrogens is 416 g/mol. The molecule has 172 valence electrons. The van der Waals surface area contributed by atoms with Gasteiger partial charge < -0.3 is 4.90 Å². The van der Waals surface area contributed by atoms with Gasteiger partial charge >= 0.3 is 0 Å². The molecule has 0 bridgehead atoms. The lowest BCUT2D eigenvalue weighted by atomic mass is 9.88. The SMILES string of the molecule is C=CCn1c(SCC(=O)N(C2CCCCC2)C2CCCCC2)nnc1-c1cccc(C)c1. The van der Waals surface area contributed by atoms with Crippen molar-refractivity contribution in [3.8, 4) is 11.4 Å². The third-order valence-electron chi connectivity index (χ3n) is 6.85. The van der Waals surface area contributed by atoms with Crippen molar-refractivity contribution in [1.29, 1.82) is 0 Å². The van der Waals surface area contributed by atoms with Crippen molar-refractivity contribution < 1.29 is 4.79 Å². The van der Waals surface area contributed by atoms with Crippen LogP contribution in [0, 0.1) is 6.92 Å². The van der Waals surface area contributed by atoms with Crippen molar-refractivity contribution in [3.63, 3.8) is 0 Å². The van der Waals surface area contributed by atoms with E-state index >= 15 is 0 Å².